The van der Waals surface area contributed by atoms with Gasteiger partial charge in [0, 0.05) is 6.04 Å². The van der Waals surface area contributed by atoms with Crippen molar-refractivity contribution in [2.24, 2.45) is 0 Å². The van der Waals surface area contributed by atoms with Crippen molar-refractivity contribution >= 4 is 5.97 Å². The number of esters is 1. The SMILES string of the molecule is CCOC(=O)C(CC)N1CCCCCC1CC(C)O. The molecule has 0 aromatic rings. The van der Waals surface area contributed by atoms with E-state index in [1.165, 1.54) is 12.8 Å². The zero-order chi connectivity index (χ0) is 14.3. The van der Waals surface area contributed by atoms with Gasteiger partial charge in [-0.05, 0) is 46.1 Å². The van der Waals surface area contributed by atoms with E-state index >= 15 is 0 Å². The van der Waals surface area contributed by atoms with E-state index < -0.39 is 0 Å². The molecule has 0 amide bonds. The van der Waals surface area contributed by atoms with Gasteiger partial charge < -0.3 is 9.84 Å². The van der Waals surface area contributed by atoms with Crippen molar-refractivity contribution in [3.8, 4) is 0 Å². The number of aliphatic hydroxyl groups is 1. The van der Waals surface area contributed by atoms with Gasteiger partial charge in [-0.1, -0.05) is 19.8 Å². The molecule has 0 spiro atoms. The Kier molecular flexibility index (Phi) is 7.39. The second kappa shape index (κ2) is 8.54. The van der Waals surface area contributed by atoms with Crippen LogP contribution in [0.5, 0.6) is 0 Å². The van der Waals surface area contributed by atoms with Crippen LogP contribution in [0.3, 0.4) is 0 Å². The van der Waals surface area contributed by atoms with Gasteiger partial charge in [0.05, 0.1) is 12.7 Å². The number of carbonyl (C=O) groups excluding carboxylic acids is 1. The Morgan fingerprint density at radius 3 is 2.68 bits per heavy atom. The minimum absolute atomic E-state index is 0.109. The normalized spacial score (nSPS) is 24.5. The van der Waals surface area contributed by atoms with Gasteiger partial charge in [-0.25, -0.2) is 0 Å². The lowest BCUT2D eigenvalue weighted by molar-refractivity contribution is -0.151. The first-order valence-electron chi connectivity index (χ1n) is 7.70. The highest BCUT2D eigenvalue weighted by molar-refractivity contribution is 5.75. The van der Waals surface area contributed by atoms with E-state index in [0.717, 1.165) is 32.2 Å². The summed E-state index contributed by atoms with van der Waals surface area (Å²) in [6.07, 6.45) is 5.81. The van der Waals surface area contributed by atoms with Gasteiger partial charge in [-0.15, -0.1) is 0 Å². The molecule has 1 fully saturated rings. The van der Waals surface area contributed by atoms with E-state index in [4.69, 9.17) is 4.74 Å². The molecule has 1 saturated heterocycles. The van der Waals surface area contributed by atoms with Crippen LogP contribution in [0.1, 0.15) is 59.3 Å². The monoisotopic (exact) mass is 271 g/mol. The third-order valence-corrected chi connectivity index (χ3v) is 3.88. The maximum atomic E-state index is 12.1. The molecule has 1 rings (SSSR count). The second-order valence-electron chi connectivity index (χ2n) is 5.50. The molecule has 3 unspecified atom stereocenters. The maximum absolute atomic E-state index is 12.1. The summed E-state index contributed by atoms with van der Waals surface area (Å²) in [5.74, 6) is -0.109. The van der Waals surface area contributed by atoms with Gasteiger partial charge in [0.1, 0.15) is 6.04 Å². The Hall–Kier alpha value is -0.610. The highest BCUT2D eigenvalue weighted by atomic mass is 16.5. The van der Waals surface area contributed by atoms with E-state index in [1.54, 1.807) is 0 Å². The summed E-state index contributed by atoms with van der Waals surface area (Å²) in [6.45, 7) is 7.08. The van der Waals surface area contributed by atoms with Gasteiger partial charge in [0.15, 0.2) is 0 Å². The minimum atomic E-state index is -0.315. The van der Waals surface area contributed by atoms with Crippen LogP contribution in [-0.2, 0) is 9.53 Å². The summed E-state index contributed by atoms with van der Waals surface area (Å²) in [5.41, 5.74) is 0. The number of nitrogens with zero attached hydrogens (tertiary/aromatic N) is 1. The number of carbonyl (C=O) groups is 1. The summed E-state index contributed by atoms with van der Waals surface area (Å²) in [5, 5.41) is 9.67. The molecule has 1 heterocycles. The molecule has 4 heteroatoms. The number of likely N-dealkylation sites (tertiary alicyclic amines) is 1. The van der Waals surface area contributed by atoms with Gasteiger partial charge >= 0.3 is 5.97 Å². The average molecular weight is 271 g/mol. The average Bonchev–Trinajstić information content (AvgIpc) is 2.56. The molecule has 0 saturated carbocycles. The number of ether oxygens (including phenoxy) is 1. The topological polar surface area (TPSA) is 49.8 Å². The van der Waals surface area contributed by atoms with Gasteiger partial charge in [0.25, 0.3) is 0 Å². The summed E-state index contributed by atoms with van der Waals surface area (Å²) in [7, 11) is 0. The van der Waals surface area contributed by atoms with Crippen LogP contribution in [0.4, 0.5) is 0 Å². The molecular weight excluding hydrogens is 242 g/mol. The lowest BCUT2D eigenvalue weighted by atomic mass is 10.0. The molecule has 4 nitrogen and oxygen atoms in total. The van der Waals surface area contributed by atoms with Crippen molar-refractivity contribution < 1.29 is 14.6 Å². The van der Waals surface area contributed by atoms with Crippen LogP contribution < -0.4 is 0 Å². The van der Waals surface area contributed by atoms with Crippen LogP contribution in [0.15, 0.2) is 0 Å². The fourth-order valence-corrected chi connectivity index (χ4v) is 3.03. The molecule has 0 aromatic carbocycles. The summed E-state index contributed by atoms with van der Waals surface area (Å²) in [6, 6.07) is 0.152. The Morgan fingerprint density at radius 2 is 2.11 bits per heavy atom. The fraction of sp³-hybridized carbons (Fsp3) is 0.933. The van der Waals surface area contributed by atoms with Crippen molar-refractivity contribution in [3.05, 3.63) is 0 Å². The third-order valence-electron chi connectivity index (χ3n) is 3.88. The van der Waals surface area contributed by atoms with Crippen LogP contribution in [-0.4, -0.2) is 47.3 Å². The van der Waals surface area contributed by atoms with Crippen molar-refractivity contribution in [2.45, 2.75) is 77.5 Å². The van der Waals surface area contributed by atoms with Gasteiger partial charge in [-0.2, -0.15) is 0 Å². The van der Waals surface area contributed by atoms with E-state index in [2.05, 4.69) is 4.90 Å². The molecule has 1 aliphatic heterocycles. The van der Waals surface area contributed by atoms with Crippen LogP contribution in [0.2, 0.25) is 0 Å². The Bertz CT molecular complexity index is 268. The Balaban J connectivity index is 2.78. The quantitative estimate of drug-likeness (QED) is 0.753. The van der Waals surface area contributed by atoms with Crippen LogP contribution in [0.25, 0.3) is 0 Å². The summed E-state index contributed by atoms with van der Waals surface area (Å²) in [4.78, 5) is 14.4. The number of hydrogen-bond acceptors (Lipinski definition) is 4. The third kappa shape index (κ3) is 5.11. The first kappa shape index (κ1) is 16.4. The van der Waals surface area contributed by atoms with Gasteiger partial charge in [-0.3, -0.25) is 9.69 Å². The second-order valence-corrected chi connectivity index (χ2v) is 5.50. The predicted octanol–water partition coefficient (Wildman–Crippen LogP) is 2.34. The summed E-state index contributed by atoms with van der Waals surface area (Å²) < 4.78 is 5.20. The highest BCUT2D eigenvalue weighted by Gasteiger charge is 2.32. The fourth-order valence-electron chi connectivity index (χ4n) is 3.03. The van der Waals surface area contributed by atoms with Crippen molar-refractivity contribution in [2.75, 3.05) is 13.2 Å². The lowest BCUT2D eigenvalue weighted by Crippen LogP contribution is -2.48. The molecule has 19 heavy (non-hydrogen) atoms. The van der Waals surface area contributed by atoms with E-state index in [1.807, 2.05) is 20.8 Å². The molecule has 0 radical (unpaired) electrons. The number of aliphatic hydroxyl groups excluding tert-OH is 1. The van der Waals surface area contributed by atoms with Crippen molar-refractivity contribution in [3.63, 3.8) is 0 Å². The maximum Gasteiger partial charge on any atom is 0.323 e. The van der Waals surface area contributed by atoms with Crippen molar-refractivity contribution in [1.29, 1.82) is 0 Å². The first-order valence-corrected chi connectivity index (χ1v) is 7.70. The van der Waals surface area contributed by atoms with E-state index in [0.29, 0.717) is 12.6 Å². The van der Waals surface area contributed by atoms with Gasteiger partial charge in [0.2, 0.25) is 0 Å². The van der Waals surface area contributed by atoms with E-state index in [9.17, 15) is 9.90 Å². The van der Waals surface area contributed by atoms with Crippen LogP contribution >= 0.6 is 0 Å². The lowest BCUT2D eigenvalue weighted by Gasteiger charge is -2.35. The molecule has 0 aliphatic carbocycles. The summed E-state index contributed by atoms with van der Waals surface area (Å²) >= 11 is 0. The standard InChI is InChI=1S/C15H29NO3/c1-4-14(15(18)19-5-2)16-10-8-6-7-9-13(16)11-12(3)17/h12-14,17H,4-11H2,1-3H3. The number of rotatable bonds is 6. The Morgan fingerprint density at radius 1 is 1.37 bits per heavy atom. The zero-order valence-electron chi connectivity index (χ0n) is 12.6. The predicted molar refractivity (Wildman–Crippen MR) is 76.0 cm³/mol. The zero-order valence-corrected chi connectivity index (χ0v) is 12.6. The highest BCUT2D eigenvalue weighted by Crippen LogP contribution is 2.24. The molecule has 112 valence electrons. The van der Waals surface area contributed by atoms with Crippen molar-refractivity contribution in [1.82, 2.24) is 4.90 Å². The molecule has 1 aliphatic rings. The molecule has 1 N–H and O–H groups in total. The smallest absolute Gasteiger partial charge is 0.323 e. The Labute approximate surface area is 117 Å². The molecular formula is C15H29NO3. The first-order chi connectivity index (χ1) is 9.10. The molecule has 0 bridgehead atoms. The minimum Gasteiger partial charge on any atom is -0.465 e. The van der Waals surface area contributed by atoms with Crippen LogP contribution in [0, 0.1) is 0 Å². The largest absolute Gasteiger partial charge is 0.465 e. The van der Waals surface area contributed by atoms with E-state index in [-0.39, 0.29) is 18.1 Å². The number of hydrogen-bond donors (Lipinski definition) is 1. The molecule has 0 aromatic heterocycles. The molecule has 3 atom stereocenters.